The zero-order valence-corrected chi connectivity index (χ0v) is 15.4. The first-order chi connectivity index (χ1) is 13.3. The van der Waals surface area contributed by atoms with Gasteiger partial charge in [0.15, 0.2) is 0 Å². The Kier molecular flexibility index (Phi) is 5.92. The Bertz CT molecular complexity index is 1050. The zero-order chi connectivity index (χ0) is 20.3. The average molecular weight is 423 g/mol. The quantitative estimate of drug-likeness (QED) is 0.399. The molecule has 0 spiro atoms. The lowest BCUT2D eigenvalue weighted by atomic mass is 10.1. The van der Waals surface area contributed by atoms with Crippen LogP contribution in [-0.2, 0) is 0 Å². The minimum atomic E-state index is -0.980. The molecule has 0 saturated heterocycles. The molecule has 3 rings (SSSR count). The van der Waals surface area contributed by atoms with Crippen LogP contribution in [0.3, 0.4) is 0 Å². The normalized spacial score (nSPS) is 10.4. The molecule has 0 saturated carbocycles. The zero-order valence-electron chi connectivity index (χ0n) is 13.9. The maximum Gasteiger partial charge on any atom is 0.344 e. The fraction of sp³-hybridized carbons (Fsp3) is 0. The van der Waals surface area contributed by atoms with Gasteiger partial charge in [0.1, 0.15) is 23.1 Å². The third-order valence-corrected chi connectivity index (χ3v) is 4.25. The van der Waals surface area contributed by atoms with Crippen LogP contribution in [0.15, 0.2) is 60.7 Å². The first-order valence-corrected chi connectivity index (χ1v) is 8.53. The van der Waals surface area contributed by atoms with Crippen molar-refractivity contribution in [3.05, 3.63) is 93.5 Å². The smallest absolute Gasteiger partial charge is 0.344 e. The third kappa shape index (κ3) is 4.65. The summed E-state index contributed by atoms with van der Waals surface area (Å²) in [7, 11) is 0. The summed E-state index contributed by atoms with van der Waals surface area (Å²) in [6.07, 6.45) is 0. The molecule has 0 unspecified atom stereocenters. The third-order valence-electron chi connectivity index (χ3n) is 3.52. The highest BCUT2D eigenvalue weighted by molar-refractivity contribution is 6.42. The number of hydrogen-bond acceptors (Lipinski definition) is 4. The molecular weight excluding hydrogens is 413 g/mol. The van der Waals surface area contributed by atoms with Gasteiger partial charge in [-0.25, -0.2) is 18.4 Å². The molecule has 3 aromatic rings. The summed E-state index contributed by atoms with van der Waals surface area (Å²) < 4.78 is 36.7. The van der Waals surface area contributed by atoms with Crippen molar-refractivity contribution < 1.29 is 27.8 Å². The van der Waals surface area contributed by atoms with Crippen LogP contribution in [0.4, 0.5) is 8.78 Å². The van der Waals surface area contributed by atoms with E-state index in [1.807, 2.05) is 0 Å². The Hall–Kier alpha value is -2.96. The van der Waals surface area contributed by atoms with Crippen molar-refractivity contribution in [2.75, 3.05) is 0 Å². The molecule has 0 heterocycles. The molecule has 3 aromatic carbocycles. The summed E-state index contributed by atoms with van der Waals surface area (Å²) in [4.78, 5) is 24.9. The van der Waals surface area contributed by atoms with E-state index in [1.165, 1.54) is 42.5 Å². The van der Waals surface area contributed by atoms with Gasteiger partial charge in [0.05, 0.1) is 21.2 Å². The summed E-state index contributed by atoms with van der Waals surface area (Å²) in [6.45, 7) is 0. The van der Waals surface area contributed by atoms with Crippen molar-refractivity contribution >= 4 is 35.1 Å². The van der Waals surface area contributed by atoms with Crippen LogP contribution < -0.4 is 9.47 Å². The average Bonchev–Trinajstić information content (AvgIpc) is 2.64. The van der Waals surface area contributed by atoms with E-state index in [0.717, 1.165) is 12.1 Å². The van der Waals surface area contributed by atoms with Crippen LogP contribution in [-0.4, -0.2) is 11.9 Å². The summed E-state index contributed by atoms with van der Waals surface area (Å²) in [5.74, 6) is -3.86. The highest BCUT2D eigenvalue weighted by atomic mass is 35.5. The number of halogens is 4. The summed E-state index contributed by atoms with van der Waals surface area (Å²) in [5.41, 5.74) is -0.243. The monoisotopic (exact) mass is 422 g/mol. The Morgan fingerprint density at radius 1 is 0.679 bits per heavy atom. The van der Waals surface area contributed by atoms with Crippen LogP contribution in [0.25, 0.3) is 0 Å². The van der Waals surface area contributed by atoms with E-state index in [9.17, 15) is 18.4 Å². The van der Waals surface area contributed by atoms with Gasteiger partial charge in [0, 0.05) is 24.3 Å². The van der Waals surface area contributed by atoms with E-state index < -0.39 is 23.6 Å². The molecule has 0 aliphatic heterocycles. The molecule has 8 heteroatoms. The Morgan fingerprint density at radius 3 is 1.75 bits per heavy atom. The topological polar surface area (TPSA) is 52.6 Å². The largest absolute Gasteiger partial charge is 0.423 e. The number of carbonyl (C=O) groups excluding carboxylic acids is 2. The molecule has 0 atom stereocenters. The van der Waals surface area contributed by atoms with Crippen molar-refractivity contribution in [3.8, 4) is 11.5 Å². The molecule has 0 aliphatic carbocycles. The Balaban J connectivity index is 1.84. The predicted octanol–water partition coefficient (Wildman–Crippen LogP) is 5.71. The first-order valence-electron chi connectivity index (χ1n) is 7.78. The van der Waals surface area contributed by atoms with Crippen LogP contribution >= 0.6 is 23.2 Å². The van der Waals surface area contributed by atoms with Crippen molar-refractivity contribution in [2.24, 2.45) is 0 Å². The number of carbonyl (C=O) groups is 2. The SMILES string of the molecule is O=C(Oc1cc(F)cc(F)c1)c1ccccc1C(=O)Oc1ccc(Cl)c(Cl)c1. The van der Waals surface area contributed by atoms with Gasteiger partial charge in [0.2, 0.25) is 0 Å². The van der Waals surface area contributed by atoms with Gasteiger partial charge >= 0.3 is 11.9 Å². The molecule has 0 bridgehead atoms. The highest BCUT2D eigenvalue weighted by Gasteiger charge is 2.21. The number of rotatable bonds is 4. The lowest BCUT2D eigenvalue weighted by Crippen LogP contribution is -2.17. The fourth-order valence-corrected chi connectivity index (χ4v) is 2.58. The second-order valence-electron chi connectivity index (χ2n) is 5.51. The van der Waals surface area contributed by atoms with Gasteiger partial charge in [-0.3, -0.25) is 0 Å². The number of esters is 2. The number of hydrogen-bond donors (Lipinski definition) is 0. The molecule has 0 radical (unpaired) electrons. The minimum Gasteiger partial charge on any atom is -0.423 e. The molecule has 4 nitrogen and oxygen atoms in total. The molecule has 0 aromatic heterocycles. The molecule has 0 amide bonds. The van der Waals surface area contributed by atoms with Gasteiger partial charge in [-0.15, -0.1) is 0 Å². The van der Waals surface area contributed by atoms with Crippen molar-refractivity contribution in [2.45, 2.75) is 0 Å². The van der Waals surface area contributed by atoms with Gasteiger partial charge in [-0.2, -0.15) is 0 Å². The Morgan fingerprint density at radius 2 is 1.21 bits per heavy atom. The molecule has 142 valence electrons. The molecule has 28 heavy (non-hydrogen) atoms. The predicted molar refractivity (Wildman–Crippen MR) is 99.2 cm³/mol. The molecule has 0 N–H and O–H groups in total. The molecule has 0 fully saturated rings. The maximum atomic E-state index is 13.3. The fourth-order valence-electron chi connectivity index (χ4n) is 2.29. The maximum absolute atomic E-state index is 13.3. The Labute approximate surface area is 168 Å². The van der Waals surface area contributed by atoms with E-state index in [4.69, 9.17) is 32.7 Å². The number of benzene rings is 3. The van der Waals surface area contributed by atoms with Crippen molar-refractivity contribution in [3.63, 3.8) is 0 Å². The van der Waals surface area contributed by atoms with E-state index in [-0.39, 0.29) is 32.7 Å². The lowest BCUT2D eigenvalue weighted by molar-refractivity contribution is 0.0691. The minimum absolute atomic E-state index is 0.101. The van der Waals surface area contributed by atoms with Crippen LogP contribution in [0.5, 0.6) is 11.5 Å². The summed E-state index contributed by atoms with van der Waals surface area (Å²) in [5, 5.41) is 0.473. The highest BCUT2D eigenvalue weighted by Crippen LogP contribution is 2.27. The molecule has 0 aliphatic rings. The summed E-state index contributed by atoms with van der Waals surface area (Å²) in [6, 6.07) is 12.2. The van der Waals surface area contributed by atoms with Gasteiger partial charge in [0.25, 0.3) is 0 Å². The number of ether oxygens (including phenoxy) is 2. The first kappa shape index (κ1) is 19.8. The van der Waals surface area contributed by atoms with E-state index in [0.29, 0.717) is 6.07 Å². The van der Waals surface area contributed by atoms with E-state index in [1.54, 1.807) is 0 Å². The van der Waals surface area contributed by atoms with Crippen LogP contribution in [0, 0.1) is 11.6 Å². The standard InChI is InChI=1S/C20H10Cl2F2O4/c21-17-6-5-13(10-18(17)22)27-19(25)15-3-1-2-4-16(15)20(26)28-14-8-11(23)7-12(24)9-14/h1-10H. The summed E-state index contributed by atoms with van der Waals surface area (Å²) >= 11 is 11.7. The van der Waals surface area contributed by atoms with Gasteiger partial charge in [-0.05, 0) is 24.3 Å². The van der Waals surface area contributed by atoms with Gasteiger partial charge in [-0.1, -0.05) is 35.3 Å². The van der Waals surface area contributed by atoms with Crippen molar-refractivity contribution in [1.29, 1.82) is 0 Å². The van der Waals surface area contributed by atoms with Crippen LogP contribution in [0.1, 0.15) is 20.7 Å². The lowest BCUT2D eigenvalue weighted by Gasteiger charge is -2.10. The van der Waals surface area contributed by atoms with Crippen LogP contribution in [0.2, 0.25) is 10.0 Å². The second kappa shape index (κ2) is 8.37. The second-order valence-corrected chi connectivity index (χ2v) is 6.32. The van der Waals surface area contributed by atoms with Gasteiger partial charge < -0.3 is 9.47 Å². The molecular formula is C20H10Cl2F2O4. The van der Waals surface area contributed by atoms with E-state index in [2.05, 4.69) is 0 Å². The van der Waals surface area contributed by atoms with E-state index >= 15 is 0 Å². The van der Waals surface area contributed by atoms with Crippen molar-refractivity contribution in [1.82, 2.24) is 0 Å².